The number of nitrogens with zero attached hydrogens (tertiary/aromatic N) is 1. The lowest BCUT2D eigenvalue weighted by Gasteiger charge is -2.13. The fourth-order valence-corrected chi connectivity index (χ4v) is 2.22. The van der Waals surface area contributed by atoms with E-state index in [0.29, 0.717) is 5.56 Å². The van der Waals surface area contributed by atoms with Crippen molar-refractivity contribution in [1.82, 2.24) is 0 Å². The van der Waals surface area contributed by atoms with Crippen LogP contribution in [0.25, 0.3) is 0 Å². The third kappa shape index (κ3) is 5.13. The van der Waals surface area contributed by atoms with Gasteiger partial charge in [-0.3, -0.25) is 10.2 Å². The van der Waals surface area contributed by atoms with E-state index >= 15 is 0 Å². The molecule has 0 aromatic heterocycles. The van der Waals surface area contributed by atoms with Gasteiger partial charge >= 0.3 is 12.1 Å². The number of alkyl halides is 3. The molecule has 2 rings (SSSR count). The van der Waals surface area contributed by atoms with Crippen molar-refractivity contribution in [2.75, 3.05) is 19.6 Å². The van der Waals surface area contributed by atoms with Crippen LogP contribution in [0, 0.1) is 0 Å². The van der Waals surface area contributed by atoms with E-state index in [4.69, 9.17) is 14.2 Å². The molecule has 0 amide bonds. The fraction of sp³-hybridized carbons (Fsp3) is 0.222. The number of ether oxygens (including phenoxy) is 3. The third-order valence-corrected chi connectivity index (χ3v) is 3.36. The Morgan fingerprint density at radius 3 is 2.22 bits per heavy atom. The summed E-state index contributed by atoms with van der Waals surface area (Å²) in [5.41, 5.74) is 1.81. The van der Waals surface area contributed by atoms with Gasteiger partial charge in [-0.1, -0.05) is 12.1 Å². The summed E-state index contributed by atoms with van der Waals surface area (Å²) in [5, 5.41) is 3.83. The summed E-state index contributed by atoms with van der Waals surface area (Å²) in [7, 11) is 2.75. The van der Waals surface area contributed by atoms with Gasteiger partial charge < -0.3 is 14.2 Å². The lowest BCUT2D eigenvalue weighted by Crippen LogP contribution is -2.08. The van der Waals surface area contributed by atoms with E-state index in [1.54, 1.807) is 0 Å². The number of para-hydroxylation sites is 1. The Morgan fingerprint density at radius 2 is 1.70 bits per heavy atom. The quantitative estimate of drug-likeness (QED) is 0.353. The van der Waals surface area contributed by atoms with Gasteiger partial charge in [-0.2, -0.15) is 18.3 Å². The summed E-state index contributed by atoms with van der Waals surface area (Å²) in [4.78, 5) is 11.2. The number of halogens is 3. The highest BCUT2D eigenvalue weighted by Gasteiger charge is 2.33. The second-order valence-electron chi connectivity index (χ2n) is 5.26. The molecule has 2 aromatic rings. The van der Waals surface area contributed by atoms with Crippen LogP contribution in [0.3, 0.4) is 0 Å². The fourth-order valence-electron chi connectivity index (χ4n) is 2.22. The van der Waals surface area contributed by atoms with Crippen LogP contribution in [0.4, 0.5) is 18.9 Å². The molecule has 1 N–H and O–H groups in total. The van der Waals surface area contributed by atoms with Crippen LogP contribution in [0.2, 0.25) is 0 Å². The Balaban J connectivity index is 2.29. The van der Waals surface area contributed by atoms with Crippen LogP contribution in [0.15, 0.2) is 41.5 Å². The molecule has 0 aliphatic heterocycles. The second-order valence-corrected chi connectivity index (χ2v) is 5.26. The van der Waals surface area contributed by atoms with E-state index < -0.39 is 17.7 Å². The van der Waals surface area contributed by atoms with E-state index in [2.05, 4.69) is 10.5 Å². The maximum Gasteiger partial charge on any atom is 0.418 e. The molecule has 0 atom stereocenters. The van der Waals surface area contributed by atoms with Crippen molar-refractivity contribution >= 4 is 17.9 Å². The highest BCUT2D eigenvalue weighted by atomic mass is 19.4. The third-order valence-electron chi connectivity index (χ3n) is 3.36. The first-order valence-corrected chi connectivity index (χ1v) is 7.66. The summed E-state index contributed by atoms with van der Waals surface area (Å²) in [6.45, 7) is 1.23. The van der Waals surface area contributed by atoms with Crippen LogP contribution in [-0.2, 0) is 11.0 Å². The van der Waals surface area contributed by atoms with Gasteiger partial charge in [-0.15, -0.1) is 0 Å². The molecule has 9 heteroatoms. The van der Waals surface area contributed by atoms with Gasteiger partial charge in [0.2, 0.25) is 5.75 Å². The minimum Gasteiger partial charge on any atom is -0.493 e. The van der Waals surface area contributed by atoms with Crippen LogP contribution in [0.1, 0.15) is 18.1 Å². The first kappa shape index (κ1) is 20.1. The van der Waals surface area contributed by atoms with Gasteiger partial charge in [-0.25, -0.2) is 0 Å². The highest BCUT2D eigenvalue weighted by molar-refractivity contribution is 5.84. The van der Waals surface area contributed by atoms with E-state index in [0.717, 1.165) is 6.07 Å². The van der Waals surface area contributed by atoms with Crippen molar-refractivity contribution in [3.63, 3.8) is 0 Å². The largest absolute Gasteiger partial charge is 0.493 e. The van der Waals surface area contributed by atoms with Gasteiger partial charge in [0.25, 0.3) is 0 Å². The van der Waals surface area contributed by atoms with Gasteiger partial charge in [0, 0.05) is 12.5 Å². The summed E-state index contributed by atoms with van der Waals surface area (Å²) >= 11 is 0. The van der Waals surface area contributed by atoms with Gasteiger partial charge in [0.05, 0.1) is 31.7 Å². The average molecular weight is 382 g/mol. The zero-order chi connectivity index (χ0) is 20.0. The topological polar surface area (TPSA) is 69.2 Å². The van der Waals surface area contributed by atoms with Crippen LogP contribution < -0.4 is 19.6 Å². The number of anilines is 1. The van der Waals surface area contributed by atoms with Crippen molar-refractivity contribution in [1.29, 1.82) is 0 Å². The Morgan fingerprint density at radius 1 is 1.11 bits per heavy atom. The number of hydrogen-bond acceptors (Lipinski definition) is 6. The lowest BCUT2D eigenvalue weighted by molar-refractivity contribution is -0.137. The average Bonchev–Trinajstić information content (AvgIpc) is 2.61. The van der Waals surface area contributed by atoms with Crippen molar-refractivity contribution in [3.05, 3.63) is 47.5 Å². The number of hydrogen-bond donors (Lipinski definition) is 1. The molecule has 0 bridgehead atoms. The van der Waals surface area contributed by atoms with E-state index in [1.165, 1.54) is 57.7 Å². The van der Waals surface area contributed by atoms with Crippen molar-refractivity contribution in [2.45, 2.75) is 13.1 Å². The van der Waals surface area contributed by atoms with Crippen LogP contribution in [0.5, 0.6) is 17.2 Å². The number of methoxy groups -OCH3 is 2. The highest BCUT2D eigenvalue weighted by Crippen LogP contribution is 2.38. The maximum atomic E-state index is 13.0. The molecule has 6 nitrogen and oxygen atoms in total. The summed E-state index contributed by atoms with van der Waals surface area (Å²) in [6.07, 6.45) is -3.22. The predicted molar refractivity (Wildman–Crippen MR) is 93.5 cm³/mol. The zero-order valence-corrected chi connectivity index (χ0v) is 14.8. The summed E-state index contributed by atoms with van der Waals surface area (Å²) in [5.74, 6) is -0.0400. The first-order valence-electron chi connectivity index (χ1n) is 7.66. The molecule has 2 aromatic carbocycles. The van der Waals surface area contributed by atoms with Crippen LogP contribution in [-0.4, -0.2) is 26.4 Å². The molecule has 0 saturated carbocycles. The molecule has 27 heavy (non-hydrogen) atoms. The number of carbonyl (C=O) groups is 1. The molecule has 0 aliphatic rings. The Labute approximate surface area is 153 Å². The Kier molecular flexibility index (Phi) is 6.27. The number of benzene rings is 2. The van der Waals surface area contributed by atoms with Gasteiger partial charge in [0.1, 0.15) is 0 Å². The maximum absolute atomic E-state index is 13.0. The molecule has 144 valence electrons. The second kappa shape index (κ2) is 8.43. The SMILES string of the molecule is COc1cc(/C=N/Nc2ccccc2C(F)(F)F)cc(OC)c1OC(C)=O. The minimum absolute atomic E-state index is 0.0972. The number of nitrogens with one attached hydrogen (secondary N) is 1. The minimum atomic E-state index is -4.50. The van der Waals surface area contributed by atoms with Crippen LogP contribution >= 0.6 is 0 Å². The normalized spacial score (nSPS) is 11.3. The van der Waals surface area contributed by atoms with Crippen molar-refractivity contribution < 1.29 is 32.2 Å². The molecule has 0 heterocycles. The monoisotopic (exact) mass is 382 g/mol. The lowest BCUT2D eigenvalue weighted by atomic mass is 10.2. The zero-order valence-electron chi connectivity index (χ0n) is 14.8. The number of esters is 1. The van der Waals surface area contributed by atoms with E-state index in [9.17, 15) is 18.0 Å². The number of hydrazone groups is 1. The Hall–Kier alpha value is -3.23. The standard InChI is InChI=1S/C18H17F3N2O4/c1-11(24)27-17-15(25-2)8-12(9-16(17)26-3)10-22-23-14-7-5-4-6-13(14)18(19,20)21/h4-10,23H,1-3H3/b22-10+. The molecule has 0 unspecified atom stereocenters. The van der Waals surface area contributed by atoms with Gasteiger partial charge in [-0.05, 0) is 24.3 Å². The van der Waals surface area contributed by atoms with Gasteiger partial charge in [0.15, 0.2) is 11.5 Å². The molecule has 0 radical (unpaired) electrons. The molecular formula is C18H17F3N2O4. The molecular weight excluding hydrogens is 365 g/mol. The smallest absolute Gasteiger partial charge is 0.418 e. The summed E-state index contributed by atoms with van der Waals surface area (Å²) in [6, 6.07) is 7.99. The molecule has 0 aliphatic carbocycles. The molecule has 0 saturated heterocycles. The number of rotatable bonds is 6. The number of carbonyl (C=O) groups excluding carboxylic acids is 1. The predicted octanol–water partition coefficient (Wildman–Crippen LogP) is 4.09. The van der Waals surface area contributed by atoms with Crippen molar-refractivity contribution in [3.8, 4) is 17.2 Å². The van der Waals surface area contributed by atoms with E-state index in [1.807, 2.05) is 0 Å². The Bertz CT molecular complexity index is 826. The van der Waals surface area contributed by atoms with E-state index in [-0.39, 0.29) is 22.9 Å². The first-order chi connectivity index (χ1) is 12.8. The summed E-state index contributed by atoms with van der Waals surface area (Å²) < 4.78 is 54.3. The molecule has 0 fully saturated rings. The van der Waals surface area contributed by atoms with Crippen molar-refractivity contribution in [2.24, 2.45) is 5.10 Å². The molecule has 0 spiro atoms.